The standard InChI is InChI=1S/C12H15NO2S/c1-12(2)7-16-10-8(11(14)15-3)5-4-6-9(10)13-12/h4-6,13H,7H2,1-3H3. The lowest BCUT2D eigenvalue weighted by Gasteiger charge is -2.33. The zero-order valence-electron chi connectivity index (χ0n) is 9.66. The van der Waals surface area contributed by atoms with Gasteiger partial charge in [-0.15, -0.1) is 11.8 Å². The summed E-state index contributed by atoms with van der Waals surface area (Å²) in [6.45, 7) is 4.29. The fourth-order valence-electron chi connectivity index (χ4n) is 1.71. The van der Waals surface area contributed by atoms with E-state index in [9.17, 15) is 4.79 Å². The lowest BCUT2D eigenvalue weighted by molar-refractivity contribution is 0.0597. The lowest BCUT2D eigenvalue weighted by Crippen LogP contribution is -2.36. The van der Waals surface area contributed by atoms with Crippen molar-refractivity contribution in [3.05, 3.63) is 23.8 Å². The number of esters is 1. The van der Waals surface area contributed by atoms with Crippen molar-refractivity contribution in [2.45, 2.75) is 24.3 Å². The van der Waals surface area contributed by atoms with Crippen LogP contribution < -0.4 is 5.32 Å². The van der Waals surface area contributed by atoms with Gasteiger partial charge in [0.25, 0.3) is 0 Å². The number of fused-ring (bicyclic) bond motifs is 1. The quantitative estimate of drug-likeness (QED) is 0.762. The van der Waals surface area contributed by atoms with Crippen molar-refractivity contribution in [1.82, 2.24) is 0 Å². The molecule has 0 saturated carbocycles. The van der Waals surface area contributed by atoms with Gasteiger partial charge in [0.1, 0.15) is 0 Å². The largest absolute Gasteiger partial charge is 0.465 e. The maximum absolute atomic E-state index is 11.6. The van der Waals surface area contributed by atoms with Crippen LogP contribution >= 0.6 is 11.8 Å². The van der Waals surface area contributed by atoms with Gasteiger partial charge in [-0.2, -0.15) is 0 Å². The van der Waals surface area contributed by atoms with Crippen LogP contribution in [0.1, 0.15) is 24.2 Å². The van der Waals surface area contributed by atoms with Crippen molar-refractivity contribution in [2.75, 3.05) is 18.2 Å². The Hall–Kier alpha value is -1.16. The summed E-state index contributed by atoms with van der Waals surface area (Å²) < 4.78 is 4.77. The molecule has 1 aromatic carbocycles. The molecule has 1 aromatic rings. The number of ether oxygens (including phenoxy) is 1. The zero-order chi connectivity index (χ0) is 11.8. The highest BCUT2D eigenvalue weighted by atomic mass is 32.2. The molecule has 2 rings (SSSR count). The lowest BCUT2D eigenvalue weighted by atomic mass is 10.1. The second-order valence-electron chi connectivity index (χ2n) is 4.47. The van der Waals surface area contributed by atoms with Crippen molar-refractivity contribution in [2.24, 2.45) is 0 Å². The van der Waals surface area contributed by atoms with Gasteiger partial charge in [-0.05, 0) is 26.0 Å². The minimum Gasteiger partial charge on any atom is -0.465 e. The molecule has 0 atom stereocenters. The highest BCUT2D eigenvalue weighted by Gasteiger charge is 2.27. The summed E-state index contributed by atoms with van der Waals surface area (Å²) >= 11 is 1.70. The first-order chi connectivity index (χ1) is 7.53. The van der Waals surface area contributed by atoms with Gasteiger partial charge in [-0.1, -0.05) is 6.07 Å². The van der Waals surface area contributed by atoms with Crippen LogP contribution in [0.15, 0.2) is 23.1 Å². The van der Waals surface area contributed by atoms with Gasteiger partial charge in [0, 0.05) is 21.9 Å². The van der Waals surface area contributed by atoms with E-state index in [0.717, 1.165) is 16.3 Å². The minimum atomic E-state index is -0.272. The van der Waals surface area contributed by atoms with Crippen molar-refractivity contribution in [3.8, 4) is 0 Å². The first kappa shape index (κ1) is 11.3. The number of carbonyl (C=O) groups excluding carboxylic acids is 1. The Bertz CT molecular complexity index is 429. The number of nitrogens with one attached hydrogen (secondary N) is 1. The van der Waals surface area contributed by atoms with Gasteiger partial charge in [0.05, 0.1) is 12.7 Å². The zero-order valence-corrected chi connectivity index (χ0v) is 10.5. The molecule has 0 radical (unpaired) electrons. The summed E-state index contributed by atoms with van der Waals surface area (Å²) in [5, 5.41) is 3.43. The third-order valence-corrected chi connectivity index (χ3v) is 4.07. The molecule has 16 heavy (non-hydrogen) atoms. The monoisotopic (exact) mass is 237 g/mol. The molecule has 0 amide bonds. The summed E-state index contributed by atoms with van der Waals surface area (Å²) in [5.41, 5.74) is 1.73. The van der Waals surface area contributed by atoms with E-state index in [1.807, 2.05) is 12.1 Å². The van der Waals surface area contributed by atoms with Crippen LogP contribution in [-0.2, 0) is 4.74 Å². The normalized spacial score (nSPS) is 17.2. The molecular weight excluding hydrogens is 222 g/mol. The van der Waals surface area contributed by atoms with Crippen molar-refractivity contribution in [3.63, 3.8) is 0 Å². The number of methoxy groups -OCH3 is 1. The maximum atomic E-state index is 11.6. The van der Waals surface area contributed by atoms with E-state index in [2.05, 4.69) is 19.2 Å². The van der Waals surface area contributed by atoms with E-state index in [1.54, 1.807) is 17.8 Å². The molecule has 1 N–H and O–H groups in total. The second kappa shape index (κ2) is 4.01. The fraction of sp³-hybridized carbons (Fsp3) is 0.417. The molecule has 1 aliphatic heterocycles. The highest BCUT2D eigenvalue weighted by Crippen LogP contribution is 2.39. The van der Waals surface area contributed by atoms with E-state index in [1.165, 1.54) is 7.11 Å². The van der Waals surface area contributed by atoms with Crippen molar-refractivity contribution in [1.29, 1.82) is 0 Å². The number of hydrogen-bond donors (Lipinski definition) is 1. The summed E-state index contributed by atoms with van der Waals surface area (Å²) in [6, 6.07) is 5.67. The first-order valence-corrected chi connectivity index (χ1v) is 6.14. The van der Waals surface area contributed by atoms with E-state index in [-0.39, 0.29) is 11.5 Å². The van der Waals surface area contributed by atoms with E-state index in [4.69, 9.17) is 4.74 Å². The van der Waals surface area contributed by atoms with Gasteiger partial charge in [-0.3, -0.25) is 0 Å². The number of anilines is 1. The third-order valence-electron chi connectivity index (χ3n) is 2.47. The van der Waals surface area contributed by atoms with Crippen LogP contribution in [0, 0.1) is 0 Å². The molecule has 3 nitrogen and oxygen atoms in total. The summed E-state index contributed by atoms with van der Waals surface area (Å²) in [4.78, 5) is 12.6. The average Bonchev–Trinajstić information content (AvgIpc) is 2.25. The van der Waals surface area contributed by atoms with Gasteiger partial charge in [0.2, 0.25) is 0 Å². The van der Waals surface area contributed by atoms with E-state index >= 15 is 0 Å². The Balaban J connectivity index is 2.43. The van der Waals surface area contributed by atoms with Gasteiger partial charge >= 0.3 is 5.97 Å². The molecule has 86 valence electrons. The Kier molecular flexibility index (Phi) is 2.84. The van der Waals surface area contributed by atoms with Crippen LogP contribution in [0.2, 0.25) is 0 Å². The van der Waals surface area contributed by atoms with Crippen molar-refractivity contribution < 1.29 is 9.53 Å². The molecule has 0 spiro atoms. The van der Waals surface area contributed by atoms with Crippen molar-refractivity contribution >= 4 is 23.4 Å². The number of carbonyl (C=O) groups is 1. The minimum absolute atomic E-state index is 0.0619. The number of hydrogen-bond acceptors (Lipinski definition) is 4. The molecule has 1 aliphatic rings. The first-order valence-electron chi connectivity index (χ1n) is 5.16. The SMILES string of the molecule is COC(=O)c1cccc2c1SCC(C)(C)N2. The fourth-order valence-corrected chi connectivity index (χ4v) is 2.87. The molecule has 0 fully saturated rings. The number of rotatable bonds is 1. The molecule has 0 bridgehead atoms. The molecule has 1 heterocycles. The third kappa shape index (κ3) is 2.02. The molecule has 0 aliphatic carbocycles. The summed E-state index contributed by atoms with van der Waals surface area (Å²) in [5.74, 6) is 0.666. The molecule has 0 saturated heterocycles. The van der Waals surface area contributed by atoms with Crippen LogP contribution in [0.5, 0.6) is 0 Å². The highest BCUT2D eigenvalue weighted by molar-refractivity contribution is 7.99. The Labute approximate surface area is 99.6 Å². The molecular formula is C12H15NO2S. The predicted molar refractivity (Wildman–Crippen MR) is 66.2 cm³/mol. The summed E-state index contributed by atoms with van der Waals surface area (Å²) in [7, 11) is 1.41. The molecule has 0 aromatic heterocycles. The van der Waals surface area contributed by atoms with Crippen LogP contribution in [0.25, 0.3) is 0 Å². The number of thioether (sulfide) groups is 1. The molecule has 0 unspecified atom stereocenters. The molecule has 4 heteroatoms. The predicted octanol–water partition coefficient (Wildman–Crippen LogP) is 2.77. The Morgan fingerprint density at radius 2 is 2.25 bits per heavy atom. The Morgan fingerprint density at radius 3 is 2.94 bits per heavy atom. The van der Waals surface area contributed by atoms with Gasteiger partial charge in [-0.25, -0.2) is 4.79 Å². The number of benzene rings is 1. The topological polar surface area (TPSA) is 38.3 Å². The van der Waals surface area contributed by atoms with E-state index in [0.29, 0.717) is 5.56 Å². The van der Waals surface area contributed by atoms with E-state index < -0.39 is 0 Å². The van der Waals surface area contributed by atoms with Gasteiger partial charge < -0.3 is 10.1 Å². The second-order valence-corrected chi connectivity index (χ2v) is 5.46. The van der Waals surface area contributed by atoms with Crippen LogP contribution in [-0.4, -0.2) is 24.4 Å². The maximum Gasteiger partial charge on any atom is 0.339 e. The van der Waals surface area contributed by atoms with Crippen LogP contribution in [0.3, 0.4) is 0 Å². The summed E-state index contributed by atoms with van der Waals surface area (Å²) in [6.07, 6.45) is 0. The average molecular weight is 237 g/mol. The van der Waals surface area contributed by atoms with Gasteiger partial charge in [0.15, 0.2) is 0 Å². The smallest absolute Gasteiger partial charge is 0.339 e. The Morgan fingerprint density at radius 1 is 1.50 bits per heavy atom. The van der Waals surface area contributed by atoms with Crippen LogP contribution in [0.4, 0.5) is 5.69 Å².